The number of rotatable bonds is 14. The minimum atomic E-state index is -1.01. The molecule has 0 bridgehead atoms. The van der Waals surface area contributed by atoms with Crippen molar-refractivity contribution in [1.82, 2.24) is 20.1 Å². The minimum absolute atomic E-state index is 0.0929. The van der Waals surface area contributed by atoms with Gasteiger partial charge in [-0.3, -0.25) is 0 Å². The quantitative estimate of drug-likeness (QED) is 0.314. The van der Waals surface area contributed by atoms with Crippen LogP contribution >= 0.6 is 0 Å². The number of aliphatic carboxylic acids is 1. The second kappa shape index (κ2) is 14.1. The maximum Gasteiger partial charge on any atom is 0.326 e. The summed E-state index contributed by atoms with van der Waals surface area (Å²) in [6, 6.07) is 2.88. The van der Waals surface area contributed by atoms with Crippen LogP contribution in [0.3, 0.4) is 0 Å². The van der Waals surface area contributed by atoms with Crippen molar-refractivity contribution < 1.29 is 24.2 Å². The van der Waals surface area contributed by atoms with Gasteiger partial charge in [0.05, 0.1) is 38.0 Å². The zero-order valence-electron chi connectivity index (χ0n) is 23.0. The highest BCUT2D eigenvalue weighted by Gasteiger charge is 2.32. The number of urea groups is 1. The lowest BCUT2D eigenvalue weighted by Gasteiger charge is -2.39. The summed E-state index contributed by atoms with van der Waals surface area (Å²) in [5.41, 5.74) is 2.42. The van der Waals surface area contributed by atoms with Gasteiger partial charge in [-0.05, 0) is 83.4 Å². The van der Waals surface area contributed by atoms with Crippen LogP contribution in [-0.2, 0) is 27.1 Å². The van der Waals surface area contributed by atoms with Gasteiger partial charge in [0.2, 0.25) is 0 Å². The van der Waals surface area contributed by atoms with Crippen molar-refractivity contribution in [2.75, 3.05) is 51.3 Å². The highest BCUT2D eigenvalue weighted by molar-refractivity contribution is 5.83. The van der Waals surface area contributed by atoms with E-state index in [1.807, 2.05) is 13.8 Å². The summed E-state index contributed by atoms with van der Waals surface area (Å²) in [6.07, 6.45) is 8.18. The monoisotopic (exact) mass is 531 g/mol. The molecule has 10 heteroatoms. The lowest BCUT2D eigenvalue weighted by atomic mass is 10.1. The number of anilines is 1. The summed E-state index contributed by atoms with van der Waals surface area (Å²) in [5, 5.41) is 16.0. The Kier molecular flexibility index (Phi) is 10.6. The van der Waals surface area contributed by atoms with Crippen LogP contribution in [0.5, 0.6) is 0 Å². The first-order chi connectivity index (χ1) is 18.4. The average Bonchev–Trinajstić information content (AvgIpc) is 3.72. The molecule has 1 aromatic rings. The Morgan fingerprint density at radius 1 is 1.21 bits per heavy atom. The van der Waals surface area contributed by atoms with E-state index < -0.39 is 12.0 Å². The fourth-order valence-corrected chi connectivity index (χ4v) is 5.27. The third-order valence-electron chi connectivity index (χ3n) is 7.63. The lowest BCUT2D eigenvalue weighted by Crippen LogP contribution is -2.58. The van der Waals surface area contributed by atoms with Gasteiger partial charge in [0, 0.05) is 25.3 Å². The summed E-state index contributed by atoms with van der Waals surface area (Å²) in [5.74, 6) is 0.0309. The van der Waals surface area contributed by atoms with Gasteiger partial charge in [-0.25, -0.2) is 14.6 Å². The van der Waals surface area contributed by atoms with Crippen LogP contribution in [0.25, 0.3) is 0 Å². The first-order valence-electron chi connectivity index (χ1n) is 14.4. The molecule has 0 aromatic carbocycles. The number of hydrogen-bond donors (Lipinski definition) is 3. The molecule has 3 aliphatic rings. The fourth-order valence-electron chi connectivity index (χ4n) is 5.27. The smallest absolute Gasteiger partial charge is 0.326 e. The molecule has 212 valence electrons. The van der Waals surface area contributed by atoms with Crippen molar-refractivity contribution >= 4 is 17.8 Å². The number of ether oxygens (including phenoxy) is 2. The first kappa shape index (κ1) is 28.6. The molecule has 2 amide bonds. The standard InChI is InChI=1S/C28H45N5O5/c1-20-18-37-19-21(2)33(20)28(36)31-25(27(34)35)12-15-32(16-17-38-24-10-11-24)14-4-3-7-23-9-8-22-6-5-13-29-26(22)30-23/h8-9,20-21,24-25H,3-7,10-19H2,1-2H3,(H,29,30)(H,31,36)(H,34,35)/t20-,21-,25+/m1/s1. The van der Waals surface area contributed by atoms with Crippen LogP contribution < -0.4 is 10.6 Å². The molecular formula is C28H45N5O5. The molecule has 0 spiro atoms. The van der Waals surface area contributed by atoms with E-state index in [-0.39, 0.29) is 18.1 Å². The van der Waals surface area contributed by atoms with Crippen LogP contribution in [0.2, 0.25) is 0 Å². The Morgan fingerprint density at radius 2 is 2.00 bits per heavy atom. The van der Waals surface area contributed by atoms with Gasteiger partial charge in [-0.2, -0.15) is 0 Å². The molecule has 0 unspecified atom stereocenters. The van der Waals surface area contributed by atoms with Gasteiger partial charge in [0.1, 0.15) is 11.9 Å². The van der Waals surface area contributed by atoms with Crippen molar-refractivity contribution in [3.63, 3.8) is 0 Å². The number of morpholine rings is 1. The molecule has 1 saturated heterocycles. The van der Waals surface area contributed by atoms with Gasteiger partial charge < -0.3 is 35.0 Å². The largest absolute Gasteiger partial charge is 0.480 e. The Labute approximate surface area is 226 Å². The van der Waals surface area contributed by atoms with Crippen LogP contribution in [0.4, 0.5) is 10.6 Å². The van der Waals surface area contributed by atoms with E-state index in [1.54, 1.807) is 4.90 Å². The molecule has 2 fully saturated rings. The number of aromatic nitrogens is 1. The number of fused-ring (bicyclic) bond motifs is 1. The molecule has 1 aromatic heterocycles. The van der Waals surface area contributed by atoms with Crippen molar-refractivity contribution in [2.45, 2.75) is 89.4 Å². The Bertz CT molecular complexity index is 917. The number of hydrogen-bond acceptors (Lipinski definition) is 7. The Balaban J connectivity index is 1.25. The molecule has 3 heterocycles. The number of pyridine rings is 1. The van der Waals surface area contributed by atoms with Crippen LogP contribution in [0, 0.1) is 0 Å². The molecule has 1 saturated carbocycles. The van der Waals surface area contributed by atoms with Crippen LogP contribution in [0.1, 0.15) is 63.6 Å². The molecule has 2 aliphatic heterocycles. The number of nitrogens with one attached hydrogen (secondary N) is 2. The number of nitrogens with zero attached hydrogens (tertiary/aromatic N) is 3. The molecule has 38 heavy (non-hydrogen) atoms. The Hall–Kier alpha value is -2.43. The number of carbonyl (C=O) groups excluding carboxylic acids is 1. The minimum Gasteiger partial charge on any atom is -0.480 e. The fraction of sp³-hybridized carbons (Fsp3) is 0.750. The summed E-state index contributed by atoms with van der Waals surface area (Å²) in [6.45, 7) is 8.60. The van der Waals surface area contributed by atoms with E-state index in [0.29, 0.717) is 38.9 Å². The van der Waals surface area contributed by atoms with Crippen LogP contribution in [0.15, 0.2) is 12.1 Å². The van der Waals surface area contributed by atoms with Crippen LogP contribution in [-0.4, -0.2) is 102 Å². The summed E-state index contributed by atoms with van der Waals surface area (Å²) >= 11 is 0. The molecule has 0 radical (unpaired) electrons. The van der Waals surface area contributed by atoms with Gasteiger partial charge >= 0.3 is 12.0 Å². The van der Waals surface area contributed by atoms with Crippen molar-refractivity contribution in [3.8, 4) is 0 Å². The third kappa shape index (κ3) is 8.54. The Morgan fingerprint density at radius 3 is 2.74 bits per heavy atom. The topological polar surface area (TPSA) is 116 Å². The zero-order chi connectivity index (χ0) is 26.9. The number of carbonyl (C=O) groups is 2. The molecule has 1 aliphatic carbocycles. The molecule has 3 N–H and O–H groups in total. The zero-order valence-corrected chi connectivity index (χ0v) is 23.0. The third-order valence-corrected chi connectivity index (χ3v) is 7.63. The van der Waals surface area contributed by atoms with Gasteiger partial charge in [0.25, 0.3) is 0 Å². The van der Waals surface area contributed by atoms with Gasteiger partial charge in [0.15, 0.2) is 0 Å². The molecule has 4 rings (SSSR count). The number of carboxylic acids is 1. The molecule has 3 atom stereocenters. The summed E-state index contributed by atoms with van der Waals surface area (Å²) in [4.78, 5) is 33.7. The van der Waals surface area contributed by atoms with Crippen molar-refractivity contribution in [3.05, 3.63) is 23.4 Å². The predicted octanol–water partition coefficient (Wildman–Crippen LogP) is 2.91. The van der Waals surface area contributed by atoms with E-state index in [9.17, 15) is 14.7 Å². The number of unbranched alkanes of at least 4 members (excludes halogenated alkanes) is 1. The number of carboxylic acid groups (broad SMARTS) is 1. The summed E-state index contributed by atoms with van der Waals surface area (Å²) in [7, 11) is 0. The molecular weight excluding hydrogens is 486 g/mol. The number of amides is 2. The maximum atomic E-state index is 12.9. The van der Waals surface area contributed by atoms with E-state index in [1.165, 1.54) is 5.56 Å². The average molecular weight is 532 g/mol. The normalized spacial score (nSPS) is 22.0. The van der Waals surface area contributed by atoms with E-state index in [0.717, 1.165) is 76.1 Å². The summed E-state index contributed by atoms with van der Waals surface area (Å²) < 4.78 is 11.4. The van der Waals surface area contributed by atoms with Gasteiger partial charge in [-0.1, -0.05) is 6.07 Å². The van der Waals surface area contributed by atoms with Crippen molar-refractivity contribution in [1.29, 1.82) is 0 Å². The highest BCUT2D eigenvalue weighted by atomic mass is 16.5. The maximum absolute atomic E-state index is 12.9. The van der Waals surface area contributed by atoms with Gasteiger partial charge in [-0.15, -0.1) is 0 Å². The van der Waals surface area contributed by atoms with E-state index in [2.05, 4.69) is 27.7 Å². The molecule has 10 nitrogen and oxygen atoms in total. The SMILES string of the molecule is C[C@@H]1COC[C@@H](C)N1C(=O)N[C@@H](CCN(CCCCc1ccc2c(n1)NCCC2)CCOC1CC1)C(=O)O. The second-order valence-corrected chi connectivity index (χ2v) is 11.0. The lowest BCUT2D eigenvalue weighted by molar-refractivity contribution is -0.139. The predicted molar refractivity (Wildman–Crippen MR) is 146 cm³/mol. The van der Waals surface area contributed by atoms with Crippen molar-refractivity contribution in [2.24, 2.45) is 0 Å². The number of aryl methyl sites for hydroxylation is 2. The van der Waals surface area contributed by atoms with E-state index in [4.69, 9.17) is 14.5 Å². The highest BCUT2D eigenvalue weighted by Crippen LogP contribution is 2.23. The first-order valence-corrected chi connectivity index (χ1v) is 14.4. The van der Waals surface area contributed by atoms with E-state index >= 15 is 0 Å². The second-order valence-electron chi connectivity index (χ2n) is 11.0.